The van der Waals surface area contributed by atoms with Gasteiger partial charge in [0.2, 0.25) is 0 Å². The van der Waals surface area contributed by atoms with E-state index in [0.717, 1.165) is 16.8 Å². The zero-order valence-electron chi connectivity index (χ0n) is 14.2. The van der Waals surface area contributed by atoms with Gasteiger partial charge in [-0.1, -0.05) is 35.0 Å². The molecular weight excluding hydrogens is 443 g/mol. The summed E-state index contributed by atoms with van der Waals surface area (Å²) in [5.74, 6) is -0.607. The van der Waals surface area contributed by atoms with E-state index in [1.807, 2.05) is 0 Å². The smallest absolute Gasteiger partial charge is 0.285 e. The van der Waals surface area contributed by atoms with Gasteiger partial charge in [0.1, 0.15) is 5.75 Å². The third-order valence-corrected chi connectivity index (χ3v) is 5.57. The number of nitrogens with zero attached hydrogens (tertiary/aromatic N) is 1. The average Bonchev–Trinajstić information content (AvgIpc) is 2.93. The molecule has 2 aromatic carbocycles. The first-order valence-electron chi connectivity index (χ1n) is 7.71. The molecule has 2 aromatic rings. The predicted molar refractivity (Wildman–Crippen MR) is 114 cm³/mol. The molecule has 0 bridgehead atoms. The van der Waals surface area contributed by atoms with E-state index in [4.69, 9.17) is 40.2 Å². The Balaban J connectivity index is 1.78. The van der Waals surface area contributed by atoms with Crippen LogP contribution in [0.25, 0.3) is 6.08 Å². The molecule has 0 atom stereocenters. The first kappa shape index (κ1) is 20.5. The number of benzene rings is 2. The number of carbonyl (C=O) groups excluding carboxylic acids is 2. The molecule has 0 aliphatic carbocycles. The van der Waals surface area contributed by atoms with E-state index in [2.05, 4.69) is 5.43 Å². The van der Waals surface area contributed by atoms with Crippen LogP contribution in [0, 0.1) is 0 Å². The van der Waals surface area contributed by atoms with E-state index in [-0.39, 0.29) is 25.0 Å². The number of amides is 2. The summed E-state index contributed by atoms with van der Waals surface area (Å²) < 4.78 is 5.22. The maximum Gasteiger partial charge on any atom is 0.285 e. The second-order valence-corrected chi connectivity index (χ2v) is 8.01. The minimum atomic E-state index is -0.490. The molecule has 2 N–H and O–H groups in total. The van der Waals surface area contributed by atoms with Gasteiger partial charge in [0, 0.05) is 5.56 Å². The summed E-state index contributed by atoms with van der Waals surface area (Å²) in [5, 5.41) is 10.7. The highest BCUT2D eigenvalue weighted by molar-refractivity contribution is 8.26. The van der Waals surface area contributed by atoms with Crippen LogP contribution in [0.1, 0.15) is 15.9 Å². The fourth-order valence-electron chi connectivity index (χ4n) is 2.29. The Hall–Kier alpha value is -2.26. The molecule has 144 valence electrons. The molecule has 1 saturated heterocycles. The van der Waals surface area contributed by atoms with E-state index < -0.39 is 11.8 Å². The molecule has 0 radical (unpaired) electrons. The van der Waals surface area contributed by atoms with Crippen molar-refractivity contribution in [2.45, 2.75) is 0 Å². The quantitative estimate of drug-likeness (QED) is 0.530. The van der Waals surface area contributed by atoms with Crippen molar-refractivity contribution in [2.75, 3.05) is 7.11 Å². The number of hydrazine groups is 1. The highest BCUT2D eigenvalue weighted by Crippen LogP contribution is 2.36. The fourth-order valence-corrected chi connectivity index (χ4v) is 3.98. The molecule has 0 saturated carbocycles. The number of hydrogen-bond donors (Lipinski definition) is 2. The lowest BCUT2D eigenvalue weighted by atomic mass is 10.2. The van der Waals surface area contributed by atoms with Gasteiger partial charge in [0.15, 0.2) is 10.1 Å². The van der Waals surface area contributed by atoms with Gasteiger partial charge >= 0.3 is 0 Å². The highest BCUT2D eigenvalue weighted by Gasteiger charge is 2.33. The monoisotopic (exact) mass is 454 g/mol. The standard InChI is InChI=1S/C18H12Cl2N2O4S2/c1-26-11-4-2-10(3-5-11)16(24)21-22-17(25)14(28-18(22)27)8-9-6-12(19)15(23)13(20)7-9/h2-8,23H,1H3,(H,21,24)/b14-8-. The number of nitrogens with one attached hydrogen (secondary N) is 1. The fraction of sp³-hybridized carbons (Fsp3) is 0.0556. The van der Waals surface area contributed by atoms with Crippen molar-refractivity contribution in [2.24, 2.45) is 0 Å². The van der Waals surface area contributed by atoms with Gasteiger partial charge in [0.25, 0.3) is 11.8 Å². The molecule has 1 aliphatic heterocycles. The van der Waals surface area contributed by atoms with Gasteiger partial charge in [-0.25, -0.2) is 0 Å². The maximum atomic E-state index is 12.6. The van der Waals surface area contributed by atoms with Crippen molar-refractivity contribution in [3.63, 3.8) is 0 Å². The number of thiocarbonyl (C=S) groups is 1. The lowest BCUT2D eigenvalue weighted by Gasteiger charge is -2.15. The molecule has 2 amide bonds. The molecule has 0 aromatic heterocycles. The van der Waals surface area contributed by atoms with Crippen LogP contribution in [0.4, 0.5) is 0 Å². The molecule has 1 heterocycles. The van der Waals surface area contributed by atoms with Gasteiger partial charge in [0.05, 0.1) is 22.1 Å². The predicted octanol–water partition coefficient (Wildman–Crippen LogP) is 4.25. The molecule has 28 heavy (non-hydrogen) atoms. The largest absolute Gasteiger partial charge is 0.505 e. The third-order valence-electron chi connectivity index (χ3n) is 3.70. The molecule has 0 unspecified atom stereocenters. The SMILES string of the molecule is COc1ccc(C(=O)NN2C(=O)/C(=C/c3cc(Cl)c(O)c(Cl)c3)SC2=S)cc1. The number of carbonyl (C=O) groups is 2. The first-order valence-corrected chi connectivity index (χ1v) is 9.69. The Morgan fingerprint density at radius 3 is 2.43 bits per heavy atom. The van der Waals surface area contributed by atoms with Crippen LogP contribution >= 0.6 is 47.2 Å². The summed E-state index contributed by atoms with van der Waals surface area (Å²) in [4.78, 5) is 25.3. The van der Waals surface area contributed by atoms with Crippen LogP contribution in [0.2, 0.25) is 10.0 Å². The molecule has 3 rings (SSSR count). The van der Waals surface area contributed by atoms with Crippen LogP contribution in [-0.4, -0.2) is 33.4 Å². The number of aromatic hydroxyl groups is 1. The van der Waals surface area contributed by atoms with E-state index in [1.165, 1.54) is 25.3 Å². The molecule has 0 spiro atoms. The Morgan fingerprint density at radius 2 is 1.86 bits per heavy atom. The summed E-state index contributed by atoms with van der Waals surface area (Å²) in [7, 11) is 1.52. The number of thioether (sulfide) groups is 1. The van der Waals surface area contributed by atoms with E-state index in [0.29, 0.717) is 16.9 Å². The Bertz CT molecular complexity index is 986. The molecular formula is C18H12Cl2N2O4S2. The number of halogens is 2. The minimum absolute atomic E-state index is 0.0574. The average molecular weight is 455 g/mol. The van der Waals surface area contributed by atoms with Crippen molar-refractivity contribution >= 4 is 69.4 Å². The Morgan fingerprint density at radius 1 is 1.25 bits per heavy atom. The van der Waals surface area contributed by atoms with E-state index in [1.54, 1.807) is 24.3 Å². The molecule has 1 fully saturated rings. The normalized spacial score (nSPS) is 15.2. The molecule has 1 aliphatic rings. The van der Waals surface area contributed by atoms with Crippen LogP contribution < -0.4 is 10.2 Å². The van der Waals surface area contributed by atoms with Crippen molar-refractivity contribution in [1.82, 2.24) is 10.4 Å². The van der Waals surface area contributed by atoms with Gasteiger partial charge in [-0.15, -0.1) is 0 Å². The van der Waals surface area contributed by atoms with Crippen molar-refractivity contribution in [3.8, 4) is 11.5 Å². The van der Waals surface area contributed by atoms with Crippen LogP contribution in [-0.2, 0) is 4.79 Å². The van der Waals surface area contributed by atoms with E-state index >= 15 is 0 Å². The topological polar surface area (TPSA) is 78.9 Å². The zero-order chi connectivity index (χ0) is 20.4. The maximum absolute atomic E-state index is 12.6. The summed E-state index contributed by atoms with van der Waals surface area (Å²) in [6, 6.07) is 9.34. The van der Waals surface area contributed by atoms with Gasteiger partial charge < -0.3 is 9.84 Å². The summed E-state index contributed by atoms with van der Waals surface area (Å²) >= 11 is 18.0. The lowest BCUT2D eigenvalue weighted by molar-refractivity contribution is -0.123. The number of methoxy groups -OCH3 is 1. The highest BCUT2D eigenvalue weighted by atomic mass is 35.5. The minimum Gasteiger partial charge on any atom is -0.505 e. The molecule has 10 heteroatoms. The summed E-state index contributed by atoms with van der Waals surface area (Å²) in [6.07, 6.45) is 1.52. The summed E-state index contributed by atoms with van der Waals surface area (Å²) in [5.41, 5.74) is 3.34. The van der Waals surface area contributed by atoms with Crippen LogP contribution in [0.5, 0.6) is 11.5 Å². The van der Waals surface area contributed by atoms with Gasteiger partial charge in [-0.2, -0.15) is 5.01 Å². The van der Waals surface area contributed by atoms with Crippen molar-refractivity contribution in [1.29, 1.82) is 0 Å². The second kappa shape index (κ2) is 8.40. The number of hydrogen-bond acceptors (Lipinski definition) is 6. The van der Waals surface area contributed by atoms with Gasteiger partial charge in [-0.05, 0) is 60.3 Å². The van der Waals surface area contributed by atoms with E-state index in [9.17, 15) is 14.7 Å². The first-order chi connectivity index (χ1) is 13.3. The zero-order valence-corrected chi connectivity index (χ0v) is 17.4. The van der Waals surface area contributed by atoms with Crippen molar-refractivity contribution < 1.29 is 19.4 Å². The van der Waals surface area contributed by atoms with Crippen LogP contribution in [0.15, 0.2) is 41.3 Å². The number of ether oxygens (including phenoxy) is 1. The number of phenolic OH excluding ortho intramolecular Hbond substituents is 1. The van der Waals surface area contributed by atoms with Crippen molar-refractivity contribution in [3.05, 3.63) is 62.5 Å². The number of phenols is 1. The summed E-state index contributed by atoms with van der Waals surface area (Å²) in [6.45, 7) is 0. The van der Waals surface area contributed by atoms with Crippen LogP contribution in [0.3, 0.4) is 0 Å². The molecule has 6 nitrogen and oxygen atoms in total. The third kappa shape index (κ3) is 4.25. The Labute approximate surface area is 180 Å². The van der Waals surface area contributed by atoms with Gasteiger partial charge in [-0.3, -0.25) is 15.0 Å². The number of rotatable bonds is 4. The Kier molecular flexibility index (Phi) is 6.14. The second-order valence-electron chi connectivity index (χ2n) is 5.52. The lowest BCUT2D eigenvalue weighted by Crippen LogP contribution is -2.44.